The molecule has 1 fully saturated rings. The van der Waals surface area contributed by atoms with Gasteiger partial charge in [0.25, 0.3) is 0 Å². The van der Waals surface area contributed by atoms with Crippen molar-refractivity contribution in [2.24, 2.45) is 4.99 Å². The van der Waals surface area contributed by atoms with Crippen molar-refractivity contribution < 1.29 is 13.9 Å². The van der Waals surface area contributed by atoms with Gasteiger partial charge in [0, 0.05) is 33.0 Å². The largest absolute Gasteiger partial charge is 0.490 e. The second-order valence-corrected chi connectivity index (χ2v) is 6.37. The molecule has 0 unspecified atom stereocenters. The van der Waals surface area contributed by atoms with E-state index in [1.165, 1.54) is 0 Å². The Balaban J connectivity index is 0.00000280. The highest BCUT2D eigenvalue weighted by molar-refractivity contribution is 14.0. The van der Waals surface area contributed by atoms with E-state index in [1.54, 1.807) is 19.4 Å². The Morgan fingerprint density at radius 1 is 1.18 bits per heavy atom. The Morgan fingerprint density at radius 3 is 2.57 bits per heavy atom. The summed E-state index contributed by atoms with van der Waals surface area (Å²) in [6, 6.07) is 13.5. The van der Waals surface area contributed by atoms with E-state index < -0.39 is 0 Å². The highest BCUT2D eigenvalue weighted by Gasteiger charge is 2.23. The van der Waals surface area contributed by atoms with Crippen LogP contribution in [0.1, 0.15) is 18.6 Å². The Labute approximate surface area is 182 Å². The van der Waals surface area contributed by atoms with Crippen LogP contribution >= 0.6 is 24.0 Å². The van der Waals surface area contributed by atoms with Crippen molar-refractivity contribution in [3.8, 4) is 5.75 Å². The predicted octanol–water partition coefficient (Wildman–Crippen LogP) is 2.63. The molecule has 1 saturated heterocycles. The number of carbonyl (C=O) groups is 1. The summed E-state index contributed by atoms with van der Waals surface area (Å²) in [4.78, 5) is 18.4. The molecule has 2 aromatic rings. The average molecular weight is 498 g/mol. The number of piperidine rings is 1. The number of nitrogens with one attached hydrogen (secondary N) is 2. The summed E-state index contributed by atoms with van der Waals surface area (Å²) in [5.74, 6) is 2.27. The van der Waals surface area contributed by atoms with Crippen molar-refractivity contribution in [1.29, 1.82) is 0 Å². The standard InChI is InChI=1S/C20H26N4O3.HI/c1-21-20(23-15-19(25)22-14-18-8-5-13-26-18)24-11-9-17(10-12-24)27-16-6-3-2-4-7-16;/h2-8,13,17H,9-12,14-15H2,1H3,(H,21,23)(H,22,25);1H. The molecular weight excluding hydrogens is 471 g/mol. The molecule has 3 rings (SSSR count). The third-order valence-electron chi connectivity index (χ3n) is 4.45. The van der Waals surface area contributed by atoms with Crippen LogP contribution < -0.4 is 15.4 Å². The van der Waals surface area contributed by atoms with Crippen LogP contribution in [-0.4, -0.2) is 49.6 Å². The normalized spacial score (nSPS) is 14.9. The van der Waals surface area contributed by atoms with Crippen molar-refractivity contribution in [3.63, 3.8) is 0 Å². The second kappa shape index (κ2) is 11.6. The van der Waals surface area contributed by atoms with Gasteiger partial charge in [-0.25, -0.2) is 0 Å². The average Bonchev–Trinajstić information content (AvgIpc) is 3.22. The molecule has 0 bridgehead atoms. The van der Waals surface area contributed by atoms with Crippen molar-refractivity contribution >= 4 is 35.8 Å². The third-order valence-corrected chi connectivity index (χ3v) is 4.45. The number of hydrogen-bond acceptors (Lipinski definition) is 4. The lowest BCUT2D eigenvalue weighted by Crippen LogP contribution is -2.49. The number of halogens is 1. The quantitative estimate of drug-likeness (QED) is 0.364. The molecule has 2 heterocycles. The Hall–Kier alpha value is -2.23. The van der Waals surface area contributed by atoms with E-state index in [-0.39, 0.29) is 42.5 Å². The van der Waals surface area contributed by atoms with Crippen LogP contribution in [0, 0.1) is 0 Å². The highest BCUT2D eigenvalue weighted by Crippen LogP contribution is 2.18. The van der Waals surface area contributed by atoms with Gasteiger partial charge in [-0.1, -0.05) is 18.2 Å². The lowest BCUT2D eigenvalue weighted by atomic mass is 10.1. The number of amides is 1. The summed E-state index contributed by atoms with van der Waals surface area (Å²) < 4.78 is 11.2. The van der Waals surface area contributed by atoms with Gasteiger partial charge in [-0.2, -0.15) is 0 Å². The summed E-state index contributed by atoms with van der Waals surface area (Å²) in [5.41, 5.74) is 0. The zero-order chi connectivity index (χ0) is 18.9. The smallest absolute Gasteiger partial charge is 0.239 e. The Bertz CT molecular complexity index is 729. The molecule has 2 N–H and O–H groups in total. The van der Waals surface area contributed by atoms with E-state index in [0.29, 0.717) is 6.54 Å². The second-order valence-electron chi connectivity index (χ2n) is 6.37. The first-order chi connectivity index (χ1) is 13.2. The van der Waals surface area contributed by atoms with Crippen LogP contribution in [0.3, 0.4) is 0 Å². The van der Waals surface area contributed by atoms with Gasteiger partial charge in [0.15, 0.2) is 5.96 Å². The molecule has 8 heteroatoms. The van der Waals surface area contributed by atoms with Gasteiger partial charge in [0.1, 0.15) is 17.6 Å². The maximum Gasteiger partial charge on any atom is 0.239 e. The molecule has 1 aromatic heterocycles. The zero-order valence-electron chi connectivity index (χ0n) is 16.0. The van der Waals surface area contributed by atoms with Crippen molar-refractivity contribution in [1.82, 2.24) is 15.5 Å². The van der Waals surface area contributed by atoms with Gasteiger partial charge < -0.3 is 24.7 Å². The number of furan rings is 1. The molecule has 0 atom stereocenters. The maximum atomic E-state index is 12.0. The first-order valence-electron chi connectivity index (χ1n) is 9.21. The van der Waals surface area contributed by atoms with Crippen LogP contribution in [0.5, 0.6) is 5.75 Å². The van der Waals surface area contributed by atoms with E-state index in [9.17, 15) is 4.79 Å². The van der Waals surface area contributed by atoms with Crippen LogP contribution in [0.15, 0.2) is 58.1 Å². The topological polar surface area (TPSA) is 79.1 Å². The lowest BCUT2D eigenvalue weighted by Gasteiger charge is -2.34. The molecular formula is C20H27IN4O3. The van der Waals surface area contributed by atoms with Gasteiger partial charge in [-0.3, -0.25) is 9.79 Å². The van der Waals surface area contributed by atoms with E-state index >= 15 is 0 Å². The highest BCUT2D eigenvalue weighted by atomic mass is 127. The summed E-state index contributed by atoms with van der Waals surface area (Å²) in [6.45, 7) is 2.23. The third kappa shape index (κ3) is 6.74. The summed E-state index contributed by atoms with van der Waals surface area (Å²) >= 11 is 0. The number of guanidine groups is 1. The number of likely N-dealkylation sites (tertiary alicyclic amines) is 1. The number of rotatable bonds is 6. The first kappa shape index (κ1) is 22.1. The molecule has 1 amide bonds. The van der Waals surface area contributed by atoms with E-state index in [4.69, 9.17) is 9.15 Å². The molecule has 0 aliphatic carbocycles. The maximum absolute atomic E-state index is 12.0. The van der Waals surface area contributed by atoms with Gasteiger partial charge in [0.2, 0.25) is 5.91 Å². The Kier molecular flexibility index (Phi) is 9.12. The van der Waals surface area contributed by atoms with E-state index in [1.807, 2.05) is 36.4 Å². The van der Waals surface area contributed by atoms with Crippen LogP contribution in [0.25, 0.3) is 0 Å². The van der Waals surface area contributed by atoms with Gasteiger partial charge >= 0.3 is 0 Å². The van der Waals surface area contributed by atoms with E-state index in [2.05, 4.69) is 20.5 Å². The molecule has 152 valence electrons. The summed E-state index contributed by atoms with van der Waals surface area (Å²) in [6.07, 6.45) is 3.63. The minimum atomic E-state index is -0.102. The van der Waals surface area contributed by atoms with Crippen LogP contribution in [0.2, 0.25) is 0 Å². The minimum absolute atomic E-state index is 0. The number of hydrogen-bond donors (Lipinski definition) is 2. The molecule has 7 nitrogen and oxygen atoms in total. The predicted molar refractivity (Wildman–Crippen MR) is 119 cm³/mol. The summed E-state index contributed by atoms with van der Waals surface area (Å²) in [5, 5.41) is 5.94. The fraction of sp³-hybridized carbons (Fsp3) is 0.400. The molecule has 0 saturated carbocycles. The van der Waals surface area contributed by atoms with Gasteiger partial charge in [-0.15, -0.1) is 24.0 Å². The zero-order valence-corrected chi connectivity index (χ0v) is 18.3. The molecule has 1 aliphatic rings. The van der Waals surface area contributed by atoms with Crippen molar-refractivity contribution in [2.45, 2.75) is 25.5 Å². The minimum Gasteiger partial charge on any atom is -0.490 e. The number of nitrogens with zero attached hydrogens (tertiary/aromatic N) is 2. The number of benzene rings is 1. The lowest BCUT2D eigenvalue weighted by molar-refractivity contribution is -0.120. The van der Waals surface area contributed by atoms with Gasteiger partial charge in [-0.05, 0) is 24.3 Å². The fourth-order valence-corrected chi connectivity index (χ4v) is 3.03. The van der Waals surface area contributed by atoms with Crippen LogP contribution in [0.4, 0.5) is 0 Å². The molecule has 0 radical (unpaired) electrons. The van der Waals surface area contributed by atoms with E-state index in [0.717, 1.165) is 43.4 Å². The molecule has 28 heavy (non-hydrogen) atoms. The molecule has 1 aromatic carbocycles. The Morgan fingerprint density at radius 2 is 1.93 bits per heavy atom. The SMILES string of the molecule is CN=C(NCC(=O)NCc1ccco1)N1CCC(Oc2ccccc2)CC1.I. The van der Waals surface area contributed by atoms with Gasteiger partial charge in [0.05, 0.1) is 19.4 Å². The number of ether oxygens (including phenoxy) is 1. The number of aliphatic imine (C=N–C) groups is 1. The van der Waals surface area contributed by atoms with Crippen molar-refractivity contribution in [3.05, 3.63) is 54.5 Å². The van der Waals surface area contributed by atoms with Crippen molar-refractivity contribution in [2.75, 3.05) is 26.7 Å². The summed E-state index contributed by atoms with van der Waals surface area (Å²) in [7, 11) is 1.73. The van der Waals surface area contributed by atoms with Crippen LogP contribution in [-0.2, 0) is 11.3 Å². The number of para-hydroxylation sites is 1. The molecule has 0 spiro atoms. The first-order valence-corrected chi connectivity index (χ1v) is 9.21. The number of carbonyl (C=O) groups excluding carboxylic acids is 1. The monoisotopic (exact) mass is 498 g/mol. The molecule has 1 aliphatic heterocycles. The fourth-order valence-electron chi connectivity index (χ4n) is 3.03.